The highest BCUT2D eigenvalue weighted by Gasteiger charge is 2.08. The van der Waals surface area contributed by atoms with Gasteiger partial charge in [-0.3, -0.25) is 0 Å². The monoisotopic (exact) mass is 406 g/mol. The number of nitrogens with one attached hydrogen (secondary N) is 4. The van der Waals surface area contributed by atoms with E-state index in [2.05, 4.69) is 21.3 Å². The minimum Gasteiger partial charge on any atom is -0.338 e. The zero-order valence-corrected chi connectivity index (χ0v) is 16.5. The van der Waals surface area contributed by atoms with Gasteiger partial charge in [0, 0.05) is 23.6 Å². The summed E-state index contributed by atoms with van der Waals surface area (Å²) in [5.41, 5.74) is 3.46. The normalized spacial score (nSPS) is 10.2. The van der Waals surface area contributed by atoms with Gasteiger partial charge in [0.2, 0.25) is 0 Å². The summed E-state index contributed by atoms with van der Waals surface area (Å²) in [4.78, 5) is 24.4. The molecule has 0 saturated carbocycles. The van der Waals surface area contributed by atoms with Crippen LogP contribution in [0.4, 0.5) is 31.0 Å². The lowest BCUT2D eigenvalue weighted by Gasteiger charge is -2.13. The van der Waals surface area contributed by atoms with Crippen molar-refractivity contribution in [1.82, 2.24) is 5.32 Å². The summed E-state index contributed by atoms with van der Waals surface area (Å²) in [5, 5.41) is 11.0. The van der Waals surface area contributed by atoms with Gasteiger partial charge < -0.3 is 21.3 Å². The van der Waals surface area contributed by atoms with E-state index in [0.29, 0.717) is 30.0 Å². The summed E-state index contributed by atoms with van der Waals surface area (Å²) in [6, 6.07) is 19.9. The highest BCUT2D eigenvalue weighted by atomic mass is 19.1. The molecular formula is C23H23FN4O2. The average molecular weight is 406 g/mol. The van der Waals surface area contributed by atoms with Crippen molar-refractivity contribution in [2.75, 3.05) is 22.5 Å². The van der Waals surface area contributed by atoms with Gasteiger partial charge in [-0.05, 0) is 60.9 Å². The molecule has 4 N–H and O–H groups in total. The molecule has 30 heavy (non-hydrogen) atoms. The van der Waals surface area contributed by atoms with Gasteiger partial charge in [0.15, 0.2) is 0 Å². The zero-order chi connectivity index (χ0) is 21.3. The third-order valence-corrected chi connectivity index (χ3v) is 4.36. The summed E-state index contributed by atoms with van der Waals surface area (Å²) in [6.07, 6.45) is 0.519. The Morgan fingerprint density at radius 3 is 2.33 bits per heavy atom. The average Bonchev–Trinajstić information content (AvgIpc) is 2.71. The maximum Gasteiger partial charge on any atom is 0.323 e. The van der Waals surface area contributed by atoms with E-state index < -0.39 is 0 Å². The number of aryl methyl sites for hydroxylation is 1. The highest BCUT2D eigenvalue weighted by molar-refractivity contribution is 6.00. The van der Waals surface area contributed by atoms with Crippen LogP contribution in [0, 0.1) is 12.7 Å². The number of halogens is 1. The molecule has 3 aromatic rings. The molecule has 0 bridgehead atoms. The lowest BCUT2D eigenvalue weighted by atomic mass is 10.1. The van der Waals surface area contributed by atoms with E-state index in [1.54, 1.807) is 36.4 Å². The van der Waals surface area contributed by atoms with Gasteiger partial charge in [-0.2, -0.15) is 0 Å². The number of carbonyl (C=O) groups is 2. The molecule has 4 amide bonds. The first-order valence-corrected chi connectivity index (χ1v) is 9.52. The Hall–Kier alpha value is -3.87. The molecule has 0 atom stereocenters. The van der Waals surface area contributed by atoms with E-state index in [9.17, 15) is 14.0 Å². The molecule has 0 aromatic heterocycles. The number of urea groups is 2. The molecule has 0 radical (unpaired) electrons. The van der Waals surface area contributed by atoms with Crippen molar-refractivity contribution >= 4 is 29.1 Å². The Morgan fingerprint density at radius 2 is 1.57 bits per heavy atom. The zero-order valence-electron chi connectivity index (χ0n) is 16.5. The van der Waals surface area contributed by atoms with Gasteiger partial charge in [-0.15, -0.1) is 0 Å². The fourth-order valence-corrected chi connectivity index (χ4v) is 2.83. The second-order valence-electron chi connectivity index (χ2n) is 6.74. The molecule has 3 aromatic carbocycles. The Balaban J connectivity index is 1.52. The highest BCUT2D eigenvalue weighted by Crippen LogP contribution is 2.20. The van der Waals surface area contributed by atoms with Crippen molar-refractivity contribution in [1.29, 1.82) is 0 Å². The summed E-state index contributed by atoms with van der Waals surface area (Å²) >= 11 is 0. The van der Waals surface area contributed by atoms with Crippen molar-refractivity contribution in [3.05, 3.63) is 89.7 Å². The molecule has 3 rings (SSSR count). The topological polar surface area (TPSA) is 82.3 Å². The maximum absolute atomic E-state index is 13.2. The van der Waals surface area contributed by atoms with Crippen LogP contribution in [-0.4, -0.2) is 18.6 Å². The second-order valence-corrected chi connectivity index (χ2v) is 6.74. The Bertz CT molecular complexity index is 1020. The van der Waals surface area contributed by atoms with Crippen LogP contribution in [0.5, 0.6) is 0 Å². The van der Waals surface area contributed by atoms with E-state index in [-0.39, 0.29) is 17.9 Å². The van der Waals surface area contributed by atoms with Crippen molar-refractivity contribution in [3.63, 3.8) is 0 Å². The largest absolute Gasteiger partial charge is 0.338 e. The SMILES string of the molecule is Cc1ccc(NC(=O)Nc2ccccc2)cc1NC(=O)NCCc1cccc(F)c1. The van der Waals surface area contributed by atoms with Crippen LogP contribution >= 0.6 is 0 Å². The van der Waals surface area contributed by atoms with E-state index in [0.717, 1.165) is 11.1 Å². The van der Waals surface area contributed by atoms with Gasteiger partial charge >= 0.3 is 12.1 Å². The minimum atomic E-state index is -0.379. The van der Waals surface area contributed by atoms with Crippen LogP contribution in [0.15, 0.2) is 72.8 Å². The van der Waals surface area contributed by atoms with E-state index >= 15 is 0 Å². The van der Waals surface area contributed by atoms with E-state index in [1.807, 2.05) is 31.2 Å². The van der Waals surface area contributed by atoms with E-state index in [4.69, 9.17) is 0 Å². The third-order valence-electron chi connectivity index (χ3n) is 4.36. The molecule has 6 nitrogen and oxygen atoms in total. The Labute approximate surface area is 174 Å². The van der Waals surface area contributed by atoms with Gasteiger partial charge in [-0.25, -0.2) is 14.0 Å². The molecule has 0 saturated heterocycles. The van der Waals surface area contributed by atoms with Crippen LogP contribution in [0.3, 0.4) is 0 Å². The molecular weight excluding hydrogens is 383 g/mol. The Kier molecular flexibility index (Phi) is 7.00. The molecule has 154 valence electrons. The fourth-order valence-electron chi connectivity index (χ4n) is 2.83. The molecule has 0 spiro atoms. The van der Waals surface area contributed by atoms with Crippen molar-refractivity contribution in [3.8, 4) is 0 Å². The molecule has 0 fully saturated rings. The fraction of sp³-hybridized carbons (Fsp3) is 0.130. The predicted molar refractivity (Wildman–Crippen MR) is 117 cm³/mol. The van der Waals surface area contributed by atoms with Crippen molar-refractivity contribution < 1.29 is 14.0 Å². The van der Waals surface area contributed by atoms with Gasteiger partial charge in [-0.1, -0.05) is 36.4 Å². The number of amides is 4. The number of para-hydroxylation sites is 1. The molecule has 7 heteroatoms. The first kappa shape index (κ1) is 20.9. The second kappa shape index (κ2) is 10.1. The summed E-state index contributed by atoms with van der Waals surface area (Å²) in [5.74, 6) is -0.298. The van der Waals surface area contributed by atoms with Gasteiger partial charge in [0.1, 0.15) is 5.82 Å². The number of rotatable bonds is 6. The minimum absolute atomic E-state index is 0.298. The summed E-state index contributed by atoms with van der Waals surface area (Å²) < 4.78 is 13.2. The number of anilines is 3. The lowest BCUT2D eigenvalue weighted by molar-refractivity contribution is 0.252. The lowest BCUT2D eigenvalue weighted by Crippen LogP contribution is -2.30. The number of benzene rings is 3. The van der Waals surface area contributed by atoms with Gasteiger partial charge in [0.05, 0.1) is 0 Å². The summed E-state index contributed by atoms with van der Waals surface area (Å²) in [7, 11) is 0. The van der Waals surface area contributed by atoms with Crippen molar-refractivity contribution in [2.24, 2.45) is 0 Å². The van der Waals surface area contributed by atoms with Crippen LogP contribution in [-0.2, 0) is 6.42 Å². The Morgan fingerprint density at radius 1 is 0.800 bits per heavy atom. The van der Waals surface area contributed by atoms with Crippen LogP contribution in [0.1, 0.15) is 11.1 Å². The quantitative estimate of drug-likeness (QED) is 0.457. The van der Waals surface area contributed by atoms with Crippen LogP contribution < -0.4 is 21.3 Å². The van der Waals surface area contributed by atoms with Crippen molar-refractivity contribution in [2.45, 2.75) is 13.3 Å². The third kappa shape index (κ3) is 6.34. The number of carbonyl (C=O) groups excluding carboxylic acids is 2. The summed E-state index contributed by atoms with van der Waals surface area (Å²) in [6.45, 7) is 2.22. The van der Waals surface area contributed by atoms with Crippen LogP contribution in [0.2, 0.25) is 0 Å². The number of hydrogen-bond acceptors (Lipinski definition) is 2. The predicted octanol–water partition coefficient (Wildman–Crippen LogP) is 5.14. The van der Waals surface area contributed by atoms with E-state index in [1.165, 1.54) is 12.1 Å². The number of hydrogen-bond donors (Lipinski definition) is 4. The van der Waals surface area contributed by atoms with Crippen LogP contribution in [0.25, 0.3) is 0 Å². The smallest absolute Gasteiger partial charge is 0.323 e. The van der Waals surface area contributed by atoms with Gasteiger partial charge in [0.25, 0.3) is 0 Å². The molecule has 0 aliphatic heterocycles. The molecule has 0 unspecified atom stereocenters. The molecule has 0 heterocycles. The molecule has 0 aliphatic rings. The first-order chi connectivity index (χ1) is 14.5. The maximum atomic E-state index is 13.2. The standard InChI is InChI=1S/C23H23FN4O2/c1-16-10-11-20(27-23(30)26-19-8-3-2-4-9-19)15-21(16)28-22(29)25-13-12-17-6-5-7-18(24)14-17/h2-11,14-15H,12-13H2,1H3,(H2,25,28,29)(H2,26,27,30). The molecule has 0 aliphatic carbocycles. The first-order valence-electron chi connectivity index (χ1n) is 9.52.